The molecule has 1 aliphatic heterocycles. The van der Waals surface area contributed by atoms with E-state index in [1.165, 1.54) is 26.4 Å². The van der Waals surface area contributed by atoms with Gasteiger partial charge in [-0.3, -0.25) is 9.59 Å². The second kappa shape index (κ2) is 15.7. The molecule has 0 bridgehead atoms. The Morgan fingerprint density at radius 1 is 1.02 bits per heavy atom. The number of esters is 1. The van der Waals surface area contributed by atoms with Gasteiger partial charge in [-0.05, 0) is 23.6 Å². The number of hydrogen-bond donors (Lipinski definition) is 5. The monoisotopic (exact) mass is 611 g/mol. The van der Waals surface area contributed by atoms with Crippen molar-refractivity contribution < 1.29 is 58.5 Å². The Hall–Kier alpha value is -3.46. The van der Waals surface area contributed by atoms with Gasteiger partial charge >= 0.3 is 11.9 Å². The van der Waals surface area contributed by atoms with Crippen LogP contribution in [-0.4, -0.2) is 89.8 Å². The van der Waals surface area contributed by atoms with E-state index in [1.54, 1.807) is 6.07 Å². The summed E-state index contributed by atoms with van der Waals surface area (Å²) in [4.78, 5) is 35.5. The summed E-state index contributed by atoms with van der Waals surface area (Å²) >= 11 is 6.40. The maximum atomic E-state index is 13.0. The van der Waals surface area contributed by atoms with Gasteiger partial charge in [-0.2, -0.15) is 0 Å². The SMILES string of the molecule is COc1cc(OCc2cccc(CNC(=O)CCCC(=O)O)c2)c(Cl)cc1C(=O)O[C@H]1[C@@H](OC)O[C@H](CO)[C@@H](O)[C@@H]1O. The minimum absolute atomic E-state index is 0.0627. The molecule has 13 nitrogen and oxygen atoms in total. The minimum atomic E-state index is -1.60. The van der Waals surface area contributed by atoms with E-state index >= 15 is 0 Å². The van der Waals surface area contributed by atoms with E-state index in [2.05, 4.69) is 5.32 Å². The highest BCUT2D eigenvalue weighted by atomic mass is 35.5. The van der Waals surface area contributed by atoms with Crippen molar-refractivity contribution in [3.8, 4) is 11.5 Å². The van der Waals surface area contributed by atoms with Gasteiger partial charge < -0.3 is 49.4 Å². The lowest BCUT2D eigenvalue weighted by Crippen LogP contribution is -2.60. The Balaban J connectivity index is 1.64. The van der Waals surface area contributed by atoms with Gasteiger partial charge in [0.2, 0.25) is 5.91 Å². The number of carbonyl (C=O) groups excluding carboxylic acids is 2. The normalized spacial score (nSPS) is 21.8. The van der Waals surface area contributed by atoms with Crippen LogP contribution < -0.4 is 14.8 Å². The van der Waals surface area contributed by atoms with Gasteiger partial charge in [0.15, 0.2) is 12.4 Å². The lowest BCUT2D eigenvalue weighted by atomic mass is 9.99. The van der Waals surface area contributed by atoms with Gasteiger partial charge in [-0.25, -0.2) is 4.79 Å². The number of ether oxygens (including phenoxy) is 5. The average molecular weight is 612 g/mol. The predicted octanol–water partition coefficient (Wildman–Crippen LogP) is 1.41. The molecule has 5 N–H and O–H groups in total. The van der Waals surface area contributed by atoms with Crippen molar-refractivity contribution in [2.75, 3.05) is 20.8 Å². The second-order valence-corrected chi connectivity index (χ2v) is 9.84. The number of carboxylic acids is 1. The average Bonchev–Trinajstić information content (AvgIpc) is 2.97. The van der Waals surface area contributed by atoms with E-state index in [-0.39, 0.29) is 60.4 Å². The Kier molecular flexibility index (Phi) is 12.3. The molecule has 3 rings (SSSR count). The first-order valence-corrected chi connectivity index (χ1v) is 13.4. The van der Waals surface area contributed by atoms with E-state index < -0.39 is 49.3 Å². The Labute approximate surface area is 246 Å². The summed E-state index contributed by atoms with van der Waals surface area (Å²) in [5, 5.41) is 41.5. The highest BCUT2D eigenvalue weighted by Gasteiger charge is 2.47. The van der Waals surface area contributed by atoms with Crippen molar-refractivity contribution in [3.05, 3.63) is 58.1 Å². The van der Waals surface area contributed by atoms with Crippen LogP contribution in [0.5, 0.6) is 11.5 Å². The van der Waals surface area contributed by atoms with Gasteiger partial charge in [0.1, 0.15) is 42.0 Å². The molecule has 14 heteroatoms. The molecule has 0 aromatic heterocycles. The Morgan fingerprint density at radius 2 is 1.76 bits per heavy atom. The molecule has 1 aliphatic rings. The Morgan fingerprint density at radius 3 is 2.43 bits per heavy atom. The van der Waals surface area contributed by atoms with Crippen LogP contribution in [0, 0.1) is 0 Å². The lowest BCUT2D eigenvalue weighted by molar-refractivity contribution is -0.293. The molecular formula is C28H34ClNO12. The zero-order valence-corrected chi connectivity index (χ0v) is 23.8. The van der Waals surface area contributed by atoms with Gasteiger partial charge in [0.05, 0.1) is 18.7 Å². The fourth-order valence-corrected chi connectivity index (χ4v) is 4.43. The summed E-state index contributed by atoms with van der Waals surface area (Å²) in [5.41, 5.74) is 1.49. The van der Waals surface area contributed by atoms with Crippen LogP contribution in [0.1, 0.15) is 40.7 Å². The van der Waals surface area contributed by atoms with E-state index in [9.17, 15) is 29.7 Å². The molecule has 0 saturated carbocycles. The minimum Gasteiger partial charge on any atom is -0.496 e. The highest BCUT2D eigenvalue weighted by molar-refractivity contribution is 6.32. The molecule has 1 saturated heterocycles. The van der Waals surface area contributed by atoms with Crippen molar-refractivity contribution in [1.82, 2.24) is 5.32 Å². The van der Waals surface area contributed by atoms with Crippen molar-refractivity contribution >= 4 is 29.4 Å². The number of nitrogens with one attached hydrogen (secondary N) is 1. The summed E-state index contributed by atoms with van der Waals surface area (Å²) in [6, 6.07) is 9.94. The molecule has 1 heterocycles. The van der Waals surface area contributed by atoms with Crippen LogP contribution >= 0.6 is 11.6 Å². The van der Waals surface area contributed by atoms with Crippen LogP contribution in [0.2, 0.25) is 5.02 Å². The number of hydrogen-bond acceptors (Lipinski definition) is 11. The van der Waals surface area contributed by atoms with Crippen LogP contribution in [0.25, 0.3) is 0 Å². The molecule has 0 radical (unpaired) electrons. The molecule has 230 valence electrons. The highest BCUT2D eigenvalue weighted by Crippen LogP contribution is 2.35. The third kappa shape index (κ3) is 8.77. The largest absolute Gasteiger partial charge is 0.496 e. The number of aliphatic carboxylic acids is 1. The number of carboxylic acid groups (broad SMARTS) is 1. The number of benzene rings is 2. The molecule has 2 aromatic carbocycles. The maximum absolute atomic E-state index is 13.0. The van der Waals surface area contributed by atoms with E-state index in [1.807, 2.05) is 18.2 Å². The lowest BCUT2D eigenvalue weighted by Gasteiger charge is -2.40. The quantitative estimate of drug-likeness (QED) is 0.193. The first-order chi connectivity index (χ1) is 20.1. The first-order valence-electron chi connectivity index (χ1n) is 13.0. The third-order valence-electron chi connectivity index (χ3n) is 6.44. The smallest absolute Gasteiger partial charge is 0.342 e. The summed E-state index contributed by atoms with van der Waals surface area (Å²) < 4.78 is 27.1. The van der Waals surface area contributed by atoms with Gasteiger partial charge in [-0.15, -0.1) is 0 Å². The number of aliphatic hydroxyl groups is 3. The molecule has 0 unspecified atom stereocenters. The first kappa shape index (κ1) is 33.0. The zero-order valence-electron chi connectivity index (χ0n) is 23.0. The fraction of sp³-hybridized carbons (Fsp3) is 0.464. The second-order valence-electron chi connectivity index (χ2n) is 9.43. The topological polar surface area (TPSA) is 190 Å². The van der Waals surface area contributed by atoms with Crippen molar-refractivity contribution in [2.24, 2.45) is 0 Å². The van der Waals surface area contributed by atoms with Crippen LogP contribution in [0.3, 0.4) is 0 Å². The zero-order chi connectivity index (χ0) is 30.8. The predicted molar refractivity (Wildman–Crippen MR) is 146 cm³/mol. The van der Waals surface area contributed by atoms with Gasteiger partial charge in [-0.1, -0.05) is 35.9 Å². The Bertz CT molecular complexity index is 1240. The van der Waals surface area contributed by atoms with E-state index in [0.717, 1.165) is 11.1 Å². The van der Waals surface area contributed by atoms with E-state index in [0.29, 0.717) is 0 Å². The molecule has 1 amide bonds. The van der Waals surface area contributed by atoms with Gasteiger partial charge in [0.25, 0.3) is 0 Å². The summed E-state index contributed by atoms with van der Waals surface area (Å²) in [6.07, 6.45) is -6.62. The van der Waals surface area contributed by atoms with Crippen LogP contribution in [-0.2, 0) is 37.0 Å². The number of rotatable bonds is 14. The standard InChI is InChI=1S/C28H34ClNO12/c1-38-19-11-20(40-14-16-6-3-5-15(9-16)12-30-22(32)7-4-8-23(33)34)18(29)10-17(19)27(37)42-26-25(36)24(35)21(13-31)41-28(26)39-2/h3,5-6,9-11,21,24-26,28,31,35-36H,4,7-8,12-14H2,1-2H3,(H,30,32)(H,33,34)/t21-,24-,25+,26-,28+/m1/s1. The van der Waals surface area contributed by atoms with Crippen molar-refractivity contribution in [2.45, 2.75) is 63.1 Å². The van der Waals surface area contributed by atoms with E-state index in [4.69, 9.17) is 40.4 Å². The van der Waals surface area contributed by atoms with Crippen LogP contribution in [0.15, 0.2) is 36.4 Å². The molecule has 0 aliphatic carbocycles. The third-order valence-corrected chi connectivity index (χ3v) is 6.74. The molecular weight excluding hydrogens is 578 g/mol. The summed E-state index contributed by atoms with van der Waals surface area (Å²) in [5.74, 6) is -1.87. The number of amides is 1. The summed E-state index contributed by atoms with van der Waals surface area (Å²) in [7, 11) is 2.58. The maximum Gasteiger partial charge on any atom is 0.342 e. The number of methoxy groups -OCH3 is 2. The fourth-order valence-electron chi connectivity index (χ4n) is 4.21. The summed E-state index contributed by atoms with van der Waals surface area (Å²) in [6.45, 7) is -0.230. The van der Waals surface area contributed by atoms with Gasteiger partial charge in [0, 0.05) is 32.6 Å². The van der Waals surface area contributed by atoms with Crippen molar-refractivity contribution in [3.63, 3.8) is 0 Å². The number of halogens is 1. The molecule has 5 atom stereocenters. The molecule has 42 heavy (non-hydrogen) atoms. The molecule has 2 aromatic rings. The molecule has 0 spiro atoms. The number of aliphatic hydroxyl groups excluding tert-OH is 3. The molecule has 1 fully saturated rings. The van der Waals surface area contributed by atoms with Crippen molar-refractivity contribution in [1.29, 1.82) is 0 Å². The number of carbonyl (C=O) groups is 3. The van der Waals surface area contributed by atoms with Crippen LogP contribution in [0.4, 0.5) is 0 Å².